The van der Waals surface area contributed by atoms with Crippen molar-refractivity contribution in [3.63, 3.8) is 0 Å². The van der Waals surface area contributed by atoms with Gasteiger partial charge in [0.25, 0.3) is 0 Å². The predicted molar refractivity (Wildman–Crippen MR) is 78.1 cm³/mol. The Hall–Kier alpha value is -0.603. The minimum atomic E-state index is -0.966. The quantitative estimate of drug-likeness (QED) is 0.734. The third-order valence-electron chi connectivity index (χ3n) is 3.77. The fourth-order valence-electron chi connectivity index (χ4n) is 1.87. The SMILES string of the molecule is C[SiH](C)OCC(C)(c1ccccc1)C(C)(C)C. The summed E-state index contributed by atoms with van der Waals surface area (Å²) in [5.41, 5.74) is 1.64. The lowest BCUT2D eigenvalue weighted by Gasteiger charge is -2.43. The van der Waals surface area contributed by atoms with Crippen molar-refractivity contribution in [3.05, 3.63) is 35.9 Å². The Morgan fingerprint density at radius 2 is 1.53 bits per heavy atom. The zero-order valence-electron chi connectivity index (χ0n) is 12.1. The molecule has 0 saturated heterocycles. The van der Waals surface area contributed by atoms with Gasteiger partial charge < -0.3 is 4.43 Å². The first-order chi connectivity index (χ1) is 7.77. The van der Waals surface area contributed by atoms with Gasteiger partial charge in [0.15, 0.2) is 9.04 Å². The first-order valence-electron chi connectivity index (χ1n) is 6.44. The summed E-state index contributed by atoms with van der Waals surface area (Å²) in [7, 11) is -0.966. The highest BCUT2D eigenvalue weighted by Gasteiger charge is 2.39. The number of hydrogen-bond donors (Lipinski definition) is 0. The average molecular weight is 250 g/mol. The van der Waals surface area contributed by atoms with E-state index in [0.29, 0.717) is 0 Å². The Balaban J connectivity index is 3.03. The van der Waals surface area contributed by atoms with Crippen molar-refractivity contribution in [1.29, 1.82) is 0 Å². The number of rotatable bonds is 4. The van der Waals surface area contributed by atoms with E-state index in [1.165, 1.54) is 5.56 Å². The fraction of sp³-hybridized carbons (Fsp3) is 0.600. The van der Waals surface area contributed by atoms with Gasteiger partial charge in [0.05, 0.1) is 0 Å². The van der Waals surface area contributed by atoms with Crippen molar-refractivity contribution >= 4 is 9.04 Å². The summed E-state index contributed by atoms with van der Waals surface area (Å²) in [5.74, 6) is 0. The van der Waals surface area contributed by atoms with Crippen molar-refractivity contribution in [1.82, 2.24) is 0 Å². The van der Waals surface area contributed by atoms with E-state index in [4.69, 9.17) is 4.43 Å². The van der Waals surface area contributed by atoms with Gasteiger partial charge in [0, 0.05) is 12.0 Å². The second-order valence-corrected chi connectivity index (χ2v) is 8.74. The molecule has 17 heavy (non-hydrogen) atoms. The molecule has 0 saturated carbocycles. The highest BCUT2D eigenvalue weighted by atomic mass is 28.3. The molecule has 0 aliphatic rings. The van der Waals surface area contributed by atoms with E-state index in [-0.39, 0.29) is 10.8 Å². The summed E-state index contributed by atoms with van der Waals surface area (Å²) in [6.07, 6.45) is 0. The van der Waals surface area contributed by atoms with E-state index in [0.717, 1.165) is 6.61 Å². The van der Waals surface area contributed by atoms with Crippen molar-refractivity contribution in [2.75, 3.05) is 6.61 Å². The van der Waals surface area contributed by atoms with Gasteiger partial charge in [-0.2, -0.15) is 0 Å². The molecule has 96 valence electrons. The zero-order chi connectivity index (χ0) is 13.1. The van der Waals surface area contributed by atoms with E-state index in [2.05, 4.69) is 71.1 Å². The van der Waals surface area contributed by atoms with Crippen LogP contribution < -0.4 is 0 Å². The van der Waals surface area contributed by atoms with Crippen LogP contribution in [0.5, 0.6) is 0 Å². The summed E-state index contributed by atoms with van der Waals surface area (Å²) < 4.78 is 6.03. The highest BCUT2D eigenvalue weighted by Crippen LogP contribution is 2.41. The van der Waals surface area contributed by atoms with Crippen LogP contribution in [0.1, 0.15) is 33.3 Å². The molecule has 2 heteroatoms. The molecule has 0 aliphatic carbocycles. The normalized spacial score (nSPS) is 15.9. The van der Waals surface area contributed by atoms with Gasteiger partial charge in [-0.15, -0.1) is 0 Å². The number of hydrogen-bond acceptors (Lipinski definition) is 1. The zero-order valence-corrected chi connectivity index (χ0v) is 13.2. The molecule has 1 unspecified atom stereocenters. The Labute approximate surface area is 108 Å². The monoisotopic (exact) mass is 250 g/mol. The van der Waals surface area contributed by atoms with Crippen LogP contribution in [0.4, 0.5) is 0 Å². The van der Waals surface area contributed by atoms with Crippen molar-refractivity contribution in [3.8, 4) is 0 Å². The molecule has 0 fully saturated rings. The maximum atomic E-state index is 6.03. The van der Waals surface area contributed by atoms with Crippen LogP contribution in [0.15, 0.2) is 30.3 Å². The predicted octanol–water partition coefficient (Wildman–Crippen LogP) is 3.99. The van der Waals surface area contributed by atoms with E-state index < -0.39 is 9.04 Å². The largest absolute Gasteiger partial charge is 0.420 e. The second kappa shape index (κ2) is 5.36. The first kappa shape index (κ1) is 14.5. The lowest BCUT2D eigenvalue weighted by atomic mass is 9.64. The minimum absolute atomic E-state index is 0.0749. The van der Waals surface area contributed by atoms with Crippen molar-refractivity contribution < 1.29 is 4.43 Å². The van der Waals surface area contributed by atoms with Gasteiger partial charge in [-0.25, -0.2) is 0 Å². The van der Waals surface area contributed by atoms with Crippen LogP contribution in [-0.2, 0) is 9.84 Å². The van der Waals surface area contributed by atoms with E-state index >= 15 is 0 Å². The molecule has 0 aromatic heterocycles. The van der Waals surface area contributed by atoms with Gasteiger partial charge in [-0.3, -0.25) is 0 Å². The smallest absolute Gasteiger partial charge is 0.170 e. The molecule has 0 heterocycles. The first-order valence-corrected chi connectivity index (χ1v) is 9.22. The van der Waals surface area contributed by atoms with E-state index in [1.54, 1.807) is 0 Å². The van der Waals surface area contributed by atoms with Crippen LogP contribution in [-0.4, -0.2) is 15.6 Å². The molecule has 0 aliphatic heterocycles. The molecule has 0 amide bonds. The van der Waals surface area contributed by atoms with Crippen molar-refractivity contribution in [2.45, 2.75) is 46.2 Å². The third kappa shape index (κ3) is 3.43. The molecule has 0 bridgehead atoms. The Morgan fingerprint density at radius 1 is 1.00 bits per heavy atom. The molecule has 1 rings (SSSR count). The van der Waals surface area contributed by atoms with Gasteiger partial charge >= 0.3 is 0 Å². The summed E-state index contributed by atoms with van der Waals surface area (Å²) in [6, 6.07) is 10.7. The lowest BCUT2D eigenvalue weighted by Crippen LogP contribution is -2.42. The average Bonchev–Trinajstić information content (AvgIpc) is 2.25. The maximum Gasteiger partial charge on any atom is 0.170 e. The third-order valence-corrected chi connectivity index (χ3v) is 4.60. The van der Waals surface area contributed by atoms with Gasteiger partial charge in [-0.05, 0) is 24.1 Å². The van der Waals surface area contributed by atoms with Crippen LogP contribution in [0, 0.1) is 5.41 Å². The Kier molecular flexibility index (Phi) is 4.56. The Bertz CT molecular complexity index is 340. The summed E-state index contributed by atoms with van der Waals surface area (Å²) in [6.45, 7) is 14.5. The minimum Gasteiger partial charge on any atom is -0.420 e. The molecular formula is C15H26OSi. The van der Waals surface area contributed by atoms with Crippen LogP contribution >= 0.6 is 0 Å². The van der Waals surface area contributed by atoms with E-state index in [1.807, 2.05) is 0 Å². The molecule has 0 N–H and O–H groups in total. The van der Waals surface area contributed by atoms with Crippen LogP contribution in [0.25, 0.3) is 0 Å². The molecule has 1 atom stereocenters. The van der Waals surface area contributed by atoms with Gasteiger partial charge in [0.2, 0.25) is 0 Å². The van der Waals surface area contributed by atoms with Gasteiger partial charge in [-0.1, -0.05) is 58.0 Å². The molecular weight excluding hydrogens is 224 g/mol. The fourth-order valence-corrected chi connectivity index (χ4v) is 2.54. The molecule has 0 radical (unpaired) electrons. The second-order valence-electron chi connectivity index (χ2n) is 6.31. The summed E-state index contributed by atoms with van der Waals surface area (Å²) in [4.78, 5) is 0. The summed E-state index contributed by atoms with van der Waals surface area (Å²) >= 11 is 0. The van der Waals surface area contributed by atoms with Crippen LogP contribution in [0.2, 0.25) is 13.1 Å². The molecule has 1 aromatic rings. The van der Waals surface area contributed by atoms with Crippen LogP contribution in [0.3, 0.4) is 0 Å². The maximum absolute atomic E-state index is 6.03. The topological polar surface area (TPSA) is 9.23 Å². The lowest BCUT2D eigenvalue weighted by molar-refractivity contribution is 0.118. The summed E-state index contributed by atoms with van der Waals surface area (Å²) in [5, 5.41) is 0. The highest BCUT2D eigenvalue weighted by molar-refractivity contribution is 6.48. The molecule has 1 nitrogen and oxygen atoms in total. The van der Waals surface area contributed by atoms with Crippen molar-refractivity contribution in [2.24, 2.45) is 5.41 Å². The van der Waals surface area contributed by atoms with Gasteiger partial charge in [0.1, 0.15) is 0 Å². The number of benzene rings is 1. The molecule has 1 aromatic carbocycles. The standard InChI is InChI=1S/C15H26OSi/c1-14(2,3)15(4,12-16-17(5)6)13-10-8-7-9-11-13/h7-11,17H,12H2,1-6H3. The van der Waals surface area contributed by atoms with E-state index in [9.17, 15) is 0 Å². The molecule has 0 spiro atoms. The Morgan fingerprint density at radius 3 is 1.94 bits per heavy atom.